The summed E-state index contributed by atoms with van der Waals surface area (Å²) < 4.78 is 87.8. The van der Waals surface area contributed by atoms with Crippen molar-refractivity contribution in [1.82, 2.24) is 9.88 Å². The Labute approximate surface area is 197 Å². The maximum atomic E-state index is 14.3. The summed E-state index contributed by atoms with van der Waals surface area (Å²) in [6.45, 7) is -1.51. The second kappa shape index (κ2) is 9.17. The summed E-state index contributed by atoms with van der Waals surface area (Å²) in [5.74, 6) is 0. The second-order valence-corrected chi connectivity index (χ2v) is 9.14. The number of rotatable bonds is 6. The van der Waals surface area contributed by atoms with Gasteiger partial charge in [-0.2, -0.15) is 26.3 Å². The summed E-state index contributed by atoms with van der Waals surface area (Å²) >= 11 is 18.4. The standard InChI is InChI=1S/C18H13Cl3F6N2O2S/c19-10-3-9(4-11(20)13(10)21)16(18(25,26)27)1-2-29(6-16)12(5-31-8-30)14-15(17(22,23)24)28-7-32-14/h3-4,7-8,12H,1-2,5-6H2. The lowest BCUT2D eigenvalue weighted by atomic mass is 9.79. The molecule has 1 aliphatic heterocycles. The van der Waals surface area contributed by atoms with Gasteiger partial charge in [-0.25, -0.2) is 4.98 Å². The highest BCUT2D eigenvalue weighted by Gasteiger charge is 2.60. The van der Waals surface area contributed by atoms with E-state index in [1.54, 1.807) is 0 Å². The molecule has 1 fully saturated rings. The maximum Gasteiger partial charge on any atom is 0.434 e. The second-order valence-electron chi connectivity index (χ2n) is 7.06. The van der Waals surface area contributed by atoms with Gasteiger partial charge in [-0.15, -0.1) is 11.3 Å². The smallest absolute Gasteiger partial charge is 0.434 e. The zero-order valence-corrected chi connectivity index (χ0v) is 18.8. The Morgan fingerprint density at radius 3 is 2.34 bits per heavy atom. The van der Waals surface area contributed by atoms with Gasteiger partial charge >= 0.3 is 12.4 Å². The van der Waals surface area contributed by atoms with Gasteiger partial charge in [0.15, 0.2) is 5.69 Å². The predicted octanol–water partition coefficient (Wildman–Crippen LogP) is 6.54. The zero-order valence-electron chi connectivity index (χ0n) is 15.7. The van der Waals surface area contributed by atoms with E-state index in [2.05, 4.69) is 9.72 Å². The number of hydrogen-bond donors (Lipinski definition) is 0. The molecule has 1 saturated heterocycles. The number of benzene rings is 1. The van der Waals surface area contributed by atoms with Crippen LogP contribution in [0.15, 0.2) is 17.6 Å². The van der Waals surface area contributed by atoms with E-state index < -0.39 is 49.1 Å². The van der Waals surface area contributed by atoms with Crippen molar-refractivity contribution in [1.29, 1.82) is 0 Å². The summed E-state index contributed by atoms with van der Waals surface area (Å²) in [5, 5.41) is -0.473. The number of halogens is 9. The lowest BCUT2D eigenvalue weighted by Crippen LogP contribution is -2.45. The zero-order chi connectivity index (χ0) is 23.9. The van der Waals surface area contributed by atoms with Crippen LogP contribution in [0.4, 0.5) is 26.3 Å². The van der Waals surface area contributed by atoms with E-state index in [-0.39, 0.29) is 38.5 Å². The fourth-order valence-electron chi connectivity index (χ4n) is 3.75. The Kier molecular flexibility index (Phi) is 7.27. The molecule has 3 rings (SSSR count). The van der Waals surface area contributed by atoms with Crippen LogP contribution < -0.4 is 0 Å². The molecule has 32 heavy (non-hydrogen) atoms. The van der Waals surface area contributed by atoms with Crippen molar-refractivity contribution < 1.29 is 35.9 Å². The summed E-state index contributed by atoms with van der Waals surface area (Å²) in [5.41, 5.74) is -3.03. The SMILES string of the molecule is O=COCC(c1scnc1C(F)(F)F)N1CCC(c2cc(Cl)c(Cl)c(Cl)c2)(C(F)(F)F)C1. The number of carbonyl (C=O) groups is 1. The van der Waals surface area contributed by atoms with Crippen molar-refractivity contribution in [3.8, 4) is 0 Å². The van der Waals surface area contributed by atoms with Gasteiger partial charge in [-0.1, -0.05) is 34.8 Å². The molecule has 0 saturated carbocycles. The Bertz CT molecular complexity index is 977. The van der Waals surface area contributed by atoms with E-state index in [0.717, 1.165) is 17.6 Å². The van der Waals surface area contributed by atoms with Crippen LogP contribution in [0.3, 0.4) is 0 Å². The topological polar surface area (TPSA) is 42.4 Å². The van der Waals surface area contributed by atoms with Crippen molar-refractivity contribution in [3.05, 3.63) is 48.8 Å². The molecule has 0 spiro atoms. The van der Waals surface area contributed by atoms with Gasteiger partial charge in [-0.05, 0) is 24.1 Å². The number of nitrogens with zero attached hydrogens (tertiary/aromatic N) is 2. The van der Waals surface area contributed by atoms with Gasteiger partial charge in [0.25, 0.3) is 6.47 Å². The van der Waals surface area contributed by atoms with Crippen LogP contribution in [-0.4, -0.2) is 42.2 Å². The normalized spacial score (nSPS) is 21.0. The molecule has 0 bridgehead atoms. The highest BCUT2D eigenvalue weighted by molar-refractivity contribution is 7.09. The molecule has 0 radical (unpaired) electrons. The molecule has 4 nitrogen and oxygen atoms in total. The Hall–Kier alpha value is -1.27. The fourth-order valence-corrected chi connectivity index (χ4v) is 5.27. The third-order valence-electron chi connectivity index (χ3n) is 5.31. The summed E-state index contributed by atoms with van der Waals surface area (Å²) in [6.07, 6.45) is -10.1. The number of carbonyl (C=O) groups excluding carboxylic acids is 1. The number of ether oxygens (including phenoxy) is 1. The third kappa shape index (κ3) is 4.68. The minimum Gasteiger partial charge on any atom is -0.466 e. The average Bonchev–Trinajstić information content (AvgIpc) is 3.34. The molecule has 2 unspecified atom stereocenters. The van der Waals surface area contributed by atoms with Gasteiger partial charge in [0.2, 0.25) is 0 Å². The van der Waals surface area contributed by atoms with Crippen LogP contribution in [0.1, 0.15) is 28.6 Å². The summed E-state index contributed by atoms with van der Waals surface area (Å²) in [4.78, 5) is 14.9. The molecular weight excluding hydrogens is 529 g/mol. The molecule has 1 aromatic heterocycles. The minimum atomic E-state index is -4.83. The van der Waals surface area contributed by atoms with E-state index in [1.165, 1.54) is 4.90 Å². The molecule has 2 heterocycles. The lowest BCUT2D eigenvalue weighted by molar-refractivity contribution is -0.188. The molecule has 1 aromatic carbocycles. The molecule has 0 N–H and O–H groups in total. The first-order chi connectivity index (χ1) is 14.8. The van der Waals surface area contributed by atoms with E-state index in [0.29, 0.717) is 11.3 Å². The number of aromatic nitrogens is 1. The van der Waals surface area contributed by atoms with E-state index in [4.69, 9.17) is 34.8 Å². The molecule has 2 atom stereocenters. The molecule has 2 aromatic rings. The average molecular weight is 542 g/mol. The summed E-state index contributed by atoms with van der Waals surface area (Å²) in [6, 6.07) is 0.821. The number of alkyl halides is 6. The monoisotopic (exact) mass is 540 g/mol. The fraction of sp³-hybridized carbons (Fsp3) is 0.444. The van der Waals surface area contributed by atoms with Crippen LogP contribution in [0, 0.1) is 0 Å². The van der Waals surface area contributed by atoms with Crippen molar-refractivity contribution in [3.63, 3.8) is 0 Å². The minimum absolute atomic E-state index is 0.0210. The van der Waals surface area contributed by atoms with Crippen molar-refractivity contribution in [2.45, 2.75) is 30.2 Å². The third-order valence-corrected chi connectivity index (χ3v) is 7.43. The van der Waals surface area contributed by atoms with E-state index in [1.807, 2.05) is 0 Å². The molecular formula is C18H13Cl3F6N2O2S. The van der Waals surface area contributed by atoms with Crippen LogP contribution in [0.5, 0.6) is 0 Å². The molecule has 1 aliphatic rings. The van der Waals surface area contributed by atoms with E-state index in [9.17, 15) is 31.1 Å². The Morgan fingerprint density at radius 1 is 1.19 bits per heavy atom. The Balaban J connectivity index is 2.05. The number of thiazole rings is 1. The van der Waals surface area contributed by atoms with Crippen molar-refractivity contribution in [2.75, 3.05) is 19.7 Å². The van der Waals surface area contributed by atoms with Gasteiger partial charge < -0.3 is 4.74 Å². The highest BCUT2D eigenvalue weighted by Crippen LogP contribution is 2.51. The lowest BCUT2D eigenvalue weighted by Gasteiger charge is -2.34. The quantitative estimate of drug-likeness (QED) is 0.237. The first-order valence-electron chi connectivity index (χ1n) is 8.83. The molecule has 14 heteroatoms. The molecule has 0 amide bonds. The Morgan fingerprint density at radius 2 is 1.81 bits per heavy atom. The van der Waals surface area contributed by atoms with Gasteiger partial charge in [-0.3, -0.25) is 9.69 Å². The largest absolute Gasteiger partial charge is 0.466 e. The number of hydrogen-bond acceptors (Lipinski definition) is 5. The predicted molar refractivity (Wildman–Crippen MR) is 107 cm³/mol. The maximum absolute atomic E-state index is 14.3. The van der Waals surface area contributed by atoms with Crippen LogP contribution in [0.2, 0.25) is 15.1 Å². The van der Waals surface area contributed by atoms with Crippen LogP contribution in [0.25, 0.3) is 0 Å². The molecule has 0 aliphatic carbocycles. The van der Waals surface area contributed by atoms with E-state index >= 15 is 0 Å². The van der Waals surface area contributed by atoms with Crippen LogP contribution >= 0.6 is 46.1 Å². The van der Waals surface area contributed by atoms with Gasteiger partial charge in [0.1, 0.15) is 12.0 Å². The highest BCUT2D eigenvalue weighted by atomic mass is 35.5. The number of likely N-dealkylation sites (tertiary alicyclic amines) is 1. The van der Waals surface area contributed by atoms with Crippen LogP contribution in [-0.2, 0) is 21.1 Å². The first kappa shape index (κ1) is 25.4. The van der Waals surface area contributed by atoms with Crippen molar-refractivity contribution >= 4 is 52.6 Å². The van der Waals surface area contributed by atoms with Gasteiger partial charge in [0.05, 0.1) is 31.5 Å². The van der Waals surface area contributed by atoms with Gasteiger partial charge in [0, 0.05) is 13.1 Å². The first-order valence-corrected chi connectivity index (χ1v) is 10.8. The molecule has 176 valence electrons. The summed E-state index contributed by atoms with van der Waals surface area (Å²) in [7, 11) is 0. The van der Waals surface area contributed by atoms with Crippen molar-refractivity contribution in [2.24, 2.45) is 0 Å².